The van der Waals surface area contributed by atoms with E-state index >= 15 is 0 Å². The molecule has 0 bridgehead atoms. The molecule has 1 aromatic carbocycles. The van der Waals surface area contributed by atoms with Crippen LogP contribution in [0.2, 0.25) is 5.02 Å². The zero-order valence-corrected chi connectivity index (χ0v) is 14.4. The average Bonchev–Trinajstić information content (AvgIpc) is 3.22. The second kappa shape index (κ2) is 5.86. The molecule has 110 valence electrons. The van der Waals surface area contributed by atoms with Crippen molar-refractivity contribution in [2.45, 2.75) is 38.8 Å². The standard InChI is InChI=1S/C16H22BrClN2/c1-10(2)16-8-19-14(11-3-4-11)9-20(16)15-6-5-12(18)7-13(15)17/h5-7,10-11,14,16,19H,3-4,8-9H2,1-2H3. The molecule has 1 aromatic rings. The van der Waals surface area contributed by atoms with E-state index in [1.807, 2.05) is 12.1 Å². The molecule has 0 aromatic heterocycles. The summed E-state index contributed by atoms with van der Waals surface area (Å²) in [4.78, 5) is 2.57. The van der Waals surface area contributed by atoms with E-state index < -0.39 is 0 Å². The first-order chi connectivity index (χ1) is 9.56. The van der Waals surface area contributed by atoms with Crippen LogP contribution in [-0.4, -0.2) is 25.2 Å². The number of nitrogens with one attached hydrogen (secondary N) is 1. The molecule has 2 aliphatic rings. The Morgan fingerprint density at radius 1 is 1.35 bits per heavy atom. The van der Waals surface area contributed by atoms with E-state index in [1.165, 1.54) is 18.5 Å². The lowest BCUT2D eigenvalue weighted by atomic mass is 9.96. The molecule has 1 aliphatic carbocycles. The van der Waals surface area contributed by atoms with Crippen LogP contribution in [0.15, 0.2) is 22.7 Å². The number of hydrogen-bond donors (Lipinski definition) is 1. The van der Waals surface area contributed by atoms with Crippen LogP contribution in [0.1, 0.15) is 26.7 Å². The zero-order chi connectivity index (χ0) is 14.3. The molecule has 1 aliphatic heterocycles. The van der Waals surface area contributed by atoms with Crippen LogP contribution < -0.4 is 10.2 Å². The Hall–Kier alpha value is -0.250. The molecule has 2 atom stereocenters. The number of halogens is 2. The van der Waals surface area contributed by atoms with Crippen molar-refractivity contribution in [2.75, 3.05) is 18.0 Å². The molecule has 2 nitrogen and oxygen atoms in total. The van der Waals surface area contributed by atoms with Gasteiger partial charge >= 0.3 is 0 Å². The third-order valence-electron chi connectivity index (χ3n) is 4.56. The van der Waals surface area contributed by atoms with Gasteiger partial charge in [-0.25, -0.2) is 0 Å². The van der Waals surface area contributed by atoms with Crippen LogP contribution in [-0.2, 0) is 0 Å². The molecular weight excluding hydrogens is 336 g/mol. The van der Waals surface area contributed by atoms with Crippen molar-refractivity contribution in [2.24, 2.45) is 11.8 Å². The molecule has 1 saturated carbocycles. The van der Waals surface area contributed by atoms with E-state index in [2.05, 4.69) is 46.1 Å². The summed E-state index contributed by atoms with van der Waals surface area (Å²) >= 11 is 9.77. The number of anilines is 1. The minimum absolute atomic E-state index is 0.544. The number of rotatable bonds is 3. The quantitative estimate of drug-likeness (QED) is 0.867. The molecule has 2 unspecified atom stereocenters. The first-order valence-electron chi connectivity index (χ1n) is 7.51. The minimum atomic E-state index is 0.544. The molecule has 0 spiro atoms. The predicted octanol–water partition coefficient (Wildman–Crippen LogP) is 4.32. The van der Waals surface area contributed by atoms with Gasteiger partial charge in [-0.3, -0.25) is 0 Å². The summed E-state index contributed by atoms with van der Waals surface area (Å²) < 4.78 is 1.10. The van der Waals surface area contributed by atoms with Gasteiger partial charge in [0.25, 0.3) is 0 Å². The molecule has 0 radical (unpaired) electrons. The van der Waals surface area contributed by atoms with Crippen molar-refractivity contribution in [3.05, 3.63) is 27.7 Å². The lowest BCUT2D eigenvalue weighted by Crippen LogP contribution is -2.59. The maximum absolute atomic E-state index is 6.08. The van der Waals surface area contributed by atoms with Gasteiger partial charge in [0.2, 0.25) is 0 Å². The summed E-state index contributed by atoms with van der Waals surface area (Å²) in [5, 5.41) is 4.55. The highest BCUT2D eigenvalue weighted by molar-refractivity contribution is 9.10. The van der Waals surface area contributed by atoms with Crippen LogP contribution in [0.25, 0.3) is 0 Å². The Kier molecular flexibility index (Phi) is 4.30. The Bertz CT molecular complexity index is 487. The van der Waals surface area contributed by atoms with E-state index in [9.17, 15) is 0 Å². The second-order valence-electron chi connectivity index (χ2n) is 6.41. The van der Waals surface area contributed by atoms with Crippen molar-refractivity contribution in [1.82, 2.24) is 5.32 Å². The Morgan fingerprint density at radius 3 is 2.70 bits per heavy atom. The summed E-state index contributed by atoms with van der Waals surface area (Å²) in [6, 6.07) is 7.34. The van der Waals surface area contributed by atoms with Crippen molar-refractivity contribution in [3.63, 3.8) is 0 Å². The summed E-state index contributed by atoms with van der Waals surface area (Å²) in [6.45, 7) is 6.79. The van der Waals surface area contributed by atoms with Gasteiger partial charge in [0.15, 0.2) is 0 Å². The highest BCUT2D eigenvalue weighted by atomic mass is 79.9. The smallest absolute Gasteiger partial charge is 0.0515 e. The Balaban J connectivity index is 1.87. The lowest BCUT2D eigenvalue weighted by molar-refractivity contribution is 0.320. The third kappa shape index (κ3) is 3.00. The van der Waals surface area contributed by atoms with Gasteiger partial charge in [-0.05, 0) is 58.8 Å². The third-order valence-corrected chi connectivity index (χ3v) is 5.43. The van der Waals surface area contributed by atoms with Crippen LogP contribution in [0, 0.1) is 11.8 Å². The number of hydrogen-bond acceptors (Lipinski definition) is 2. The van der Waals surface area contributed by atoms with Gasteiger partial charge in [-0.15, -0.1) is 0 Å². The summed E-state index contributed by atoms with van der Waals surface area (Å²) in [7, 11) is 0. The maximum Gasteiger partial charge on any atom is 0.0515 e. The van der Waals surface area contributed by atoms with Crippen LogP contribution >= 0.6 is 27.5 Å². The second-order valence-corrected chi connectivity index (χ2v) is 7.70. The average molecular weight is 358 g/mol. The van der Waals surface area contributed by atoms with Crippen molar-refractivity contribution >= 4 is 33.2 Å². The maximum atomic E-state index is 6.08. The molecule has 4 heteroatoms. The first-order valence-corrected chi connectivity index (χ1v) is 8.68. The molecule has 20 heavy (non-hydrogen) atoms. The molecule has 1 saturated heterocycles. The highest BCUT2D eigenvalue weighted by Crippen LogP contribution is 2.38. The largest absolute Gasteiger partial charge is 0.365 e. The lowest BCUT2D eigenvalue weighted by Gasteiger charge is -2.44. The number of piperazine rings is 1. The monoisotopic (exact) mass is 356 g/mol. The van der Waals surface area contributed by atoms with Gasteiger partial charge in [0, 0.05) is 34.7 Å². The molecular formula is C16H22BrClN2. The van der Waals surface area contributed by atoms with Gasteiger partial charge < -0.3 is 10.2 Å². The summed E-state index contributed by atoms with van der Waals surface area (Å²) in [5.74, 6) is 1.52. The van der Waals surface area contributed by atoms with Gasteiger partial charge in [-0.1, -0.05) is 25.4 Å². The van der Waals surface area contributed by atoms with Crippen molar-refractivity contribution < 1.29 is 0 Å². The highest BCUT2D eigenvalue weighted by Gasteiger charge is 2.38. The summed E-state index contributed by atoms with van der Waals surface area (Å²) in [6.07, 6.45) is 2.78. The Morgan fingerprint density at radius 2 is 2.10 bits per heavy atom. The first kappa shape index (κ1) is 14.7. The fraction of sp³-hybridized carbons (Fsp3) is 0.625. The minimum Gasteiger partial charge on any atom is -0.365 e. The number of benzene rings is 1. The fourth-order valence-corrected chi connectivity index (χ4v) is 4.11. The molecule has 0 amide bonds. The Labute approximate surface area is 135 Å². The predicted molar refractivity (Wildman–Crippen MR) is 89.6 cm³/mol. The zero-order valence-electron chi connectivity index (χ0n) is 12.1. The molecule has 1 N–H and O–H groups in total. The fourth-order valence-electron chi connectivity index (χ4n) is 3.20. The van der Waals surface area contributed by atoms with Gasteiger partial charge in [0.05, 0.1) is 5.69 Å². The SMILES string of the molecule is CC(C)C1CNC(C2CC2)CN1c1ccc(Cl)cc1Br. The van der Waals surface area contributed by atoms with E-state index in [1.54, 1.807) is 0 Å². The topological polar surface area (TPSA) is 15.3 Å². The van der Waals surface area contributed by atoms with Crippen molar-refractivity contribution in [3.8, 4) is 0 Å². The molecule has 3 rings (SSSR count). The summed E-state index contributed by atoms with van der Waals surface area (Å²) in [5.41, 5.74) is 1.28. The van der Waals surface area contributed by atoms with E-state index in [4.69, 9.17) is 11.6 Å². The van der Waals surface area contributed by atoms with Crippen LogP contribution in [0.4, 0.5) is 5.69 Å². The van der Waals surface area contributed by atoms with E-state index in [-0.39, 0.29) is 0 Å². The van der Waals surface area contributed by atoms with Crippen LogP contribution in [0.5, 0.6) is 0 Å². The van der Waals surface area contributed by atoms with Crippen molar-refractivity contribution in [1.29, 1.82) is 0 Å². The molecule has 2 fully saturated rings. The number of nitrogens with zero attached hydrogens (tertiary/aromatic N) is 1. The van der Waals surface area contributed by atoms with Gasteiger partial charge in [-0.2, -0.15) is 0 Å². The molecule has 1 heterocycles. The normalized spacial score (nSPS) is 27.1. The van der Waals surface area contributed by atoms with E-state index in [0.29, 0.717) is 18.0 Å². The van der Waals surface area contributed by atoms with Crippen LogP contribution in [0.3, 0.4) is 0 Å². The van der Waals surface area contributed by atoms with Gasteiger partial charge in [0.1, 0.15) is 0 Å². The van der Waals surface area contributed by atoms with E-state index in [0.717, 1.165) is 28.5 Å².